The molecule has 1 aromatic carbocycles. The summed E-state index contributed by atoms with van der Waals surface area (Å²) in [6.45, 7) is 0. The van der Waals surface area contributed by atoms with Gasteiger partial charge in [-0.25, -0.2) is 0 Å². The second kappa shape index (κ2) is 3.35. The predicted molar refractivity (Wildman–Crippen MR) is 65.4 cm³/mol. The number of aromatic nitrogens is 3. The topological polar surface area (TPSA) is 59.9 Å². The van der Waals surface area contributed by atoms with Gasteiger partial charge in [-0.15, -0.1) is 0 Å². The molecule has 17 heavy (non-hydrogen) atoms. The van der Waals surface area contributed by atoms with E-state index in [0.29, 0.717) is 16.7 Å². The number of H-pyrrole nitrogens is 1. The molecule has 0 bridgehead atoms. The number of nitrogens with one attached hydrogen (secondary N) is 1. The Bertz CT molecular complexity index is 770. The van der Waals surface area contributed by atoms with Crippen molar-refractivity contribution in [3.8, 4) is 5.75 Å². The van der Waals surface area contributed by atoms with Gasteiger partial charge in [-0.1, -0.05) is 0 Å². The number of ether oxygens (including phenoxy) is 1. The maximum atomic E-state index is 12.3. The van der Waals surface area contributed by atoms with E-state index < -0.39 is 0 Å². The number of aryl methyl sites for hydroxylation is 1. The Morgan fingerprint density at radius 3 is 2.94 bits per heavy atom. The van der Waals surface area contributed by atoms with Crippen molar-refractivity contribution in [3.05, 3.63) is 34.6 Å². The molecule has 0 fully saturated rings. The summed E-state index contributed by atoms with van der Waals surface area (Å²) < 4.78 is 6.70. The molecule has 0 saturated heterocycles. The number of rotatable bonds is 1. The van der Waals surface area contributed by atoms with E-state index in [0.717, 1.165) is 11.0 Å². The van der Waals surface area contributed by atoms with Gasteiger partial charge in [0.1, 0.15) is 11.3 Å². The maximum absolute atomic E-state index is 12.3. The molecule has 0 aliphatic rings. The van der Waals surface area contributed by atoms with Crippen molar-refractivity contribution in [1.82, 2.24) is 14.8 Å². The molecule has 0 spiro atoms. The summed E-state index contributed by atoms with van der Waals surface area (Å²) in [6.07, 6.45) is 1.65. The standard InChI is InChI=1S/C12H11N3O2/c1-15-11-10(6-13-15)14-9-4-3-7(17-2)5-8(9)12(11)16/h3-6H,1-2H3,(H,14,16). The molecule has 3 aromatic rings. The molecule has 2 heterocycles. The van der Waals surface area contributed by atoms with Crippen LogP contribution in [0.15, 0.2) is 29.2 Å². The Morgan fingerprint density at radius 2 is 2.18 bits per heavy atom. The highest BCUT2D eigenvalue weighted by molar-refractivity contribution is 5.91. The summed E-state index contributed by atoms with van der Waals surface area (Å²) >= 11 is 0. The number of hydrogen-bond acceptors (Lipinski definition) is 3. The number of pyridine rings is 1. The fourth-order valence-electron chi connectivity index (χ4n) is 2.02. The first kappa shape index (κ1) is 9.89. The number of hydrogen-bond donors (Lipinski definition) is 1. The molecule has 0 aliphatic heterocycles. The van der Waals surface area contributed by atoms with Crippen LogP contribution in [0.3, 0.4) is 0 Å². The first-order valence-corrected chi connectivity index (χ1v) is 5.22. The molecule has 0 saturated carbocycles. The number of aromatic amines is 1. The Morgan fingerprint density at radius 1 is 1.35 bits per heavy atom. The van der Waals surface area contributed by atoms with Gasteiger partial charge in [0, 0.05) is 7.05 Å². The Labute approximate surface area is 96.6 Å². The SMILES string of the molecule is COc1ccc2[nH]c3cnn(C)c3c(=O)c2c1. The van der Waals surface area contributed by atoms with Crippen LogP contribution in [0.25, 0.3) is 21.9 Å². The van der Waals surface area contributed by atoms with Crippen molar-refractivity contribution < 1.29 is 4.74 Å². The van der Waals surface area contributed by atoms with Gasteiger partial charge in [0.15, 0.2) is 0 Å². The fraction of sp³-hybridized carbons (Fsp3) is 0.167. The zero-order valence-corrected chi connectivity index (χ0v) is 9.52. The highest BCUT2D eigenvalue weighted by atomic mass is 16.5. The number of benzene rings is 1. The Kier molecular flexibility index (Phi) is 1.95. The van der Waals surface area contributed by atoms with Gasteiger partial charge < -0.3 is 9.72 Å². The number of nitrogens with zero attached hydrogens (tertiary/aromatic N) is 2. The van der Waals surface area contributed by atoms with E-state index in [9.17, 15) is 4.79 Å². The van der Waals surface area contributed by atoms with Gasteiger partial charge >= 0.3 is 0 Å². The average Bonchev–Trinajstić information content (AvgIpc) is 2.71. The third kappa shape index (κ3) is 1.32. The second-order valence-corrected chi connectivity index (χ2v) is 3.90. The molecule has 1 N–H and O–H groups in total. The molecule has 0 amide bonds. The highest BCUT2D eigenvalue weighted by Crippen LogP contribution is 2.19. The first-order valence-electron chi connectivity index (χ1n) is 5.22. The smallest absolute Gasteiger partial charge is 0.215 e. The van der Waals surface area contributed by atoms with Gasteiger partial charge in [0.2, 0.25) is 5.43 Å². The van der Waals surface area contributed by atoms with Crippen molar-refractivity contribution in [2.45, 2.75) is 0 Å². The summed E-state index contributed by atoms with van der Waals surface area (Å²) in [5, 5.41) is 4.69. The summed E-state index contributed by atoms with van der Waals surface area (Å²) in [4.78, 5) is 15.5. The van der Waals surface area contributed by atoms with Crippen LogP contribution in [0.1, 0.15) is 0 Å². The summed E-state index contributed by atoms with van der Waals surface area (Å²) in [7, 11) is 3.33. The van der Waals surface area contributed by atoms with Gasteiger partial charge in [0.05, 0.1) is 29.7 Å². The van der Waals surface area contributed by atoms with E-state index in [1.807, 2.05) is 12.1 Å². The first-order chi connectivity index (χ1) is 8.20. The van der Waals surface area contributed by atoms with E-state index in [1.165, 1.54) is 0 Å². The van der Waals surface area contributed by atoms with Crippen molar-refractivity contribution in [3.63, 3.8) is 0 Å². The quantitative estimate of drug-likeness (QED) is 0.686. The second-order valence-electron chi connectivity index (χ2n) is 3.90. The average molecular weight is 229 g/mol. The largest absolute Gasteiger partial charge is 0.497 e. The minimum Gasteiger partial charge on any atom is -0.497 e. The molecule has 0 unspecified atom stereocenters. The Hall–Kier alpha value is -2.30. The zero-order chi connectivity index (χ0) is 12.0. The van der Waals surface area contributed by atoms with Gasteiger partial charge in [-0.3, -0.25) is 9.48 Å². The van der Waals surface area contributed by atoms with Crippen LogP contribution in [0.4, 0.5) is 0 Å². The van der Waals surface area contributed by atoms with Gasteiger partial charge in [-0.05, 0) is 18.2 Å². The van der Waals surface area contributed by atoms with Crippen LogP contribution >= 0.6 is 0 Å². The summed E-state index contributed by atoms with van der Waals surface area (Å²) in [5.74, 6) is 0.671. The predicted octanol–water partition coefficient (Wildman–Crippen LogP) is 1.42. The lowest BCUT2D eigenvalue weighted by molar-refractivity contribution is 0.415. The van der Waals surface area contributed by atoms with Gasteiger partial charge in [0.25, 0.3) is 0 Å². The van der Waals surface area contributed by atoms with Crippen LogP contribution in [0, 0.1) is 0 Å². The molecule has 0 radical (unpaired) electrons. The number of methoxy groups -OCH3 is 1. The summed E-state index contributed by atoms with van der Waals surface area (Å²) in [5.41, 5.74) is 2.07. The van der Waals surface area contributed by atoms with Crippen LogP contribution in [0.2, 0.25) is 0 Å². The van der Waals surface area contributed by atoms with Crippen molar-refractivity contribution in [2.24, 2.45) is 7.05 Å². The minimum absolute atomic E-state index is 0.0346. The molecule has 0 aliphatic carbocycles. The molecular formula is C12H11N3O2. The van der Waals surface area contributed by atoms with Crippen LogP contribution < -0.4 is 10.2 Å². The van der Waals surface area contributed by atoms with Crippen molar-refractivity contribution in [1.29, 1.82) is 0 Å². The van der Waals surface area contributed by atoms with E-state index in [2.05, 4.69) is 10.1 Å². The molecule has 86 valence electrons. The minimum atomic E-state index is -0.0346. The molecule has 5 heteroatoms. The third-order valence-corrected chi connectivity index (χ3v) is 2.89. The fourth-order valence-corrected chi connectivity index (χ4v) is 2.02. The number of fused-ring (bicyclic) bond motifs is 2. The molecule has 5 nitrogen and oxygen atoms in total. The maximum Gasteiger partial charge on any atom is 0.215 e. The normalized spacial score (nSPS) is 11.2. The summed E-state index contributed by atoms with van der Waals surface area (Å²) in [6, 6.07) is 5.39. The van der Waals surface area contributed by atoms with Crippen LogP contribution in [0.5, 0.6) is 5.75 Å². The molecular weight excluding hydrogens is 218 g/mol. The van der Waals surface area contributed by atoms with E-state index >= 15 is 0 Å². The van der Waals surface area contributed by atoms with Crippen LogP contribution in [-0.2, 0) is 7.05 Å². The van der Waals surface area contributed by atoms with Gasteiger partial charge in [-0.2, -0.15) is 5.10 Å². The zero-order valence-electron chi connectivity index (χ0n) is 9.52. The third-order valence-electron chi connectivity index (χ3n) is 2.89. The Balaban J connectivity index is 2.53. The van der Waals surface area contributed by atoms with Crippen molar-refractivity contribution in [2.75, 3.05) is 7.11 Å². The van der Waals surface area contributed by atoms with E-state index in [-0.39, 0.29) is 5.43 Å². The van der Waals surface area contributed by atoms with E-state index in [1.54, 1.807) is 31.1 Å². The lowest BCUT2D eigenvalue weighted by atomic mass is 10.2. The molecule has 3 rings (SSSR count). The van der Waals surface area contributed by atoms with E-state index in [4.69, 9.17) is 4.74 Å². The highest BCUT2D eigenvalue weighted by Gasteiger charge is 2.09. The van der Waals surface area contributed by atoms with Crippen molar-refractivity contribution >= 4 is 21.9 Å². The lowest BCUT2D eigenvalue weighted by Gasteiger charge is -2.03. The molecule has 2 aromatic heterocycles. The lowest BCUT2D eigenvalue weighted by Crippen LogP contribution is -2.08. The van der Waals surface area contributed by atoms with Crippen LogP contribution in [-0.4, -0.2) is 21.9 Å². The molecule has 0 atom stereocenters. The monoisotopic (exact) mass is 229 g/mol.